The molecule has 1 aliphatic heterocycles. The van der Waals surface area contributed by atoms with Crippen molar-refractivity contribution >= 4 is 55.1 Å². The van der Waals surface area contributed by atoms with Crippen LogP contribution in [0.3, 0.4) is 0 Å². The number of para-hydroxylation sites is 2. The first kappa shape index (κ1) is 18.4. The summed E-state index contributed by atoms with van der Waals surface area (Å²) < 4.78 is 2.37. The molecule has 5 rings (SSSR count). The summed E-state index contributed by atoms with van der Waals surface area (Å²) in [5, 5.41) is 2.01. The predicted octanol–water partition coefficient (Wildman–Crippen LogP) is 4.26. The summed E-state index contributed by atoms with van der Waals surface area (Å²) in [6.07, 6.45) is 3.49. The van der Waals surface area contributed by atoms with Gasteiger partial charge in [0, 0.05) is 32.3 Å². The molecule has 0 N–H and O–H groups in total. The Hall–Kier alpha value is -2.61. The number of hydrogen-bond acceptors (Lipinski definition) is 6. The van der Waals surface area contributed by atoms with Crippen LogP contribution < -0.4 is 0 Å². The van der Waals surface area contributed by atoms with Crippen LogP contribution >= 0.6 is 22.7 Å². The van der Waals surface area contributed by atoms with Crippen LogP contribution in [-0.2, 0) is 11.3 Å². The first-order valence-electron chi connectivity index (χ1n) is 9.64. The summed E-state index contributed by atoms with van der Waals surface area (Å²) in [6, 6.07) is 16.3. The average Bonchev–Trinajstić information content (AvgIpc) is 3.35. The Kier molecular flexibility index (Phi) is 5.10. The van der Waals surface area contributed by atoms with Crippen molar-refractivity contribution in [2.75, 3.05) is 26.2 Å². The van der Waals surface area contributed by atoms with Gasteiger partial charge in [-0.2, -0.15) is 0 Å². The minimum Gasteiger partial charge on any atom is -0.337 e. The van der Waals surface area contributed by atoms with Crippen LogP contribution in [0.2, 0.25) is 0 Å². The molecule has 4 aromatic rings. The van der Waals surface area contributed by atoms with E-state index in [9.17, 15) is 4.79 Å². The molecule has 29 heavy (non-hydrogen) atoms. The molecule has 2 aromatic heterocycles. The summed E-state index contributed by atoms with van der Waals surface area (Å²) in [6.45, 7) is 4.08. The first-order chi connectivity index (χ1) is 14.2. The van der Waals surface area contributed by atoms with Crippen molar-refractivity contribution in [3.63, 3.8) is 0 Å². The normalized spacial score (nSPS) is 15.7. The lowest BCUT2D eigenvalue weighted by molar-refractivity contribution is -0.127. The monoisotopic (exact) mass is 420 g/mol. The van der Waals surface area contributed by atoms with Gasteiger partial charge >= 0.3 is 0 Å². The van der Waals surface area contributed by atoms with Crippen LogP contribution in [0.4, 0.5) is 0 Å². The molecule has 3 heterocycles. The molecule has 0 unspecified atom stereocenters. The van der Waals surface area contributed by atoms with E-state index >= 15 is 0 Å². The predicted molar refractivity (Wildman–Crippen MR) is 120 cm³/mol. The molecule has 0 bridgehead atoms. The van der Waals surface area contributed by atoms with E-state index in [-0.39, 0.29) is 5.91 Å². The zero-order valence-corrected chi connectivity index (χ0v) is 17.5. The third kappa shape index (κ3) is 4.07. The highest BCUT2D eigenvalue weighted by atomic mass is 32.1. The van der Waals surface area contributed by atoms with E-state index in [1.807, 2.05) is 35.2 Å². The Morgan fingerprint density at radius 1 is 0.897 bits per heavy atom. The Morgan fingerprint density at radius 2 is 1.55 bits per heavy atom. The number of nitrogens with zero attached hydrogens (tertiary/aromatic N) is 4. The summed E-state index contributed by atoms with van der Waals surface area (Å²) in [5.74, 6) is 0.0592. The molecule has 1 aliphatic rings. The molecule has 146 valence electrons. The van der Waals surface area contributed by atoms with Crippen molar-refractivity contribution in [1.29, 1.82) is 0 Å². The van der Waals surface area contributed by atoms with Gasteiger partial charge in [0.2, 0.25) is 5.91 Å². The van der Waals surface area contributed by atoms with Gasteiger partial charge in [-0.05, 0) is 30.3 Å². The van der Waals surface area contributed by atoms with E-state index in [0.29, 0.717) is 0 Å². The molecular weight excluding hydrogens is 400 g/mol. The number of carbonyl (C=O) groups excluding carboxylic acids is 1. The highest BCUT2D eigenvalue weighted by Crippen LogP contribution is 2.24. The quantitative estimate of drug-likeness (QED) is 0.463. The van der Waals surface area contributed by atoms with Gasteiger partial charge in [-0.25, -0.2) is 9.97 Å². The van der Waals surface area contributed by atoms with Gasteiger partial charge in [0.1, 0.15) is 10.0 Å². The third-order valence-electron chi connectivity index (χ3n) is 5.06. The van der Waals surface area contributed by atoms with Crippen molar-refractivity contribution in [2.45, 2.75) is 6.54 Å². The van der Waals surface area contributed by atoms with Crippen molar-refractivity contribution in [3.05, 3.63) is 64.6 Å². The lowest BCUT2D eigenvalue weighted by Crippen LogP contribution is -2.47. The Balaban J connectivity index is 1.17. The van der Waals surface area contributed by atoms with Crippen LogP contribution in [0.5, 0.6) is 0 Å². The number of rotatable bonds is 4. The van der Waals surface area contributed by atoms with E-state index < -0.39 is 0 Å². The molecule has 0 aliphatic carbocycles. The van der Waals surface area contributed by atoms with Crippen LogP contribution in [0, 0.1) is 0 Å². The lowest BCUT2D eigenvalue weighted by atomic mass is 10.3. The summed E-state index contributed by atoms with van der Waals surface area (Å²) in [7, 11) is 0. The maximum atomic E-state index is 12.6. The van der Waals surface area contributed by atoms with Crippen molar-refractivity contribution in [3.8, 4) is 0 Å². The molecule has 0 radical (unpaired) electrons. The molecular formula is C22H20N4OS2. The molecule has 1 amide bonds. The fourth-order valence-corrected chi connectivity index (χ4v) is 5.39. The second kappa shape index (κ2) is 8.02. The Bertz CT molecular complexity index is 1120. The van der Waals surface area contributed by atoms with Crippen LogP contribution in [0.15, 0.2) is 54.6 Å². The zero-order valence-electron chi connectivity index (χ0n) is 15.8. The van der Waals surface area contributed by atoms with Crippen molar-refractivity contribution in [1.82, 2.24) is 19.8 Å². The number of carbonyl (C=O) groups is 1. The van der Waals surface area contributed by atoms with Crippen LogP contribution in [-0.4, -0.2) is 51.9 Å². The maximum absolute atomic E-state index is 12.6. The maximum Gasteiger partial charge on any atom is 0.246 e. The number of thiazole rings is 2. The molecule has 7 heteroatoms. The molecule has 1 fully saturated rings. The second-order valence-corrected chi connectivity index (χ2v) is 9.21. The van der Waals surface area contributed by atoms with Gasteiger partial charge in [-0.1, -0.05) is 24.3 Å². The number of piperazine rings is 1. The lowest BCUT2D eigenvalue weighted by Gasteiger charge is -2.33. The van der Waals surface area contributed by atoms with Crippen molar-refractivity contribution in [2.24, 2.45) is 0 Å². The number of fused-ring (bicyclic) bond motifs is 2. The molecule has 2 aromatic carbocycles. The average molecular weight is 421 g/mol. The second-order valence-electron chi connectivity index (χ2n) is 7.03. The van der Waals surface area contributed by atoms with Gasteiger partial charge in [-0.15, -0.1) is 22.7 Å². The van der Waals surface area contributed by atoms with Gasteiger partial charge in [0.15, 0.2) is 0 Å². The number of hydrogen-bond donors (Lipinski definition) is 0. The SMILES string of the molecule is O=C(/C=C/c1nc2ccccc2s1)N1CCN(Cc2nc3ccccc3s2)CC1. The first-order valence-corrected chi connectivity index (χ1v) is 11.3. The molecule has 1 saturated heterocycles. The summed E-state index contributed by atoms with van der Waals surface area (Å²) in [4.78, 5) is 26.1. The number of aromatic nitrogens is 2. The van der Waals surface area contributed by atoms with Crippen LogP contribution in [0.25, 0.3) is 26.5 Å². The number of amides is 1. The number of benzene rings is 2. The van der Waals surface area contributed by atoms with Crippen molar-refractivity contribution < 1.29 is 4.79 Å². The van der Waals surface area contributed by atoms with E-state index in [4.69, 9.17) is 4.98 Å². The molecule has 5 nitrogen and oxygen atoms in total. The van der Waals surface area contributed by atoms with E-state index in [0.717, 1.165) is 58.5 Å². The molecule has 0 spiro atoms. The Labute approximate surface area is 176 Å². The highest BCUT2D eigenvalue weighted by molar-refractivity contribution is 7.19. The smallest absolute Gasteiger partial charge is 0.246 e. The van der Waals surface area contributed by atoms with Gasteiger partial charge in [0.25, 0.3) is 0 Å². The summed E-state index contributed by atoms with van der Waals surface area (Å²) >= 11 is 3.36. The fraction of sp³-hybridized carbons (Fsp3) is 0.227. The van der Waals surface area contributed by atoms with E-state index in [1.54, 1.807) is 28.7 Å². The highest BCUT2D eigenvalue weighted by Gasteiger charge is 2.20. The van der Waals surface area contributed by atoms with Gasteiger partial charge in [-0.3, -0.25) is 9.69 Å². The van der Waals surface area contributed by atoms with E-state index in [1.165, 1.54) is 4.70 Å². The Morgan fingerprint density at radius 3 is 2.24 bits per heavy atom. The summed E-state index contributed by atoms with van der Waals surface area (Å²) in [5.41, 5.74) is 2.05. The molecule has 0 atom stereocenters. The largest absolute Gasteiger partial charge is 0.337 e. The minimum atomic E-state index is 0.0592. The third-order valence-corrected chi connectivity index (χ3v) is 7.08. The van der Waals surface area contributed by atoms with Gasteiger partial charge in [0.05, 0.1) is 27.0 Å². The van der Waals surface area contributed by atoms with Gasteiger partial charge < -0.3 is 4.90 Å². The van der Waals surface area contributed by atoms with E-state index in [2.05, 4.69) is 34.1 Å². The molecule has 0 saturated carbocycles. The standard InChI is InChI=1S/C22H20N4OS2/c27-22(10-9-20-23-16-5-1-3-7-18(16)28-20)26-13-11-25(12-14-26)15-21-24-17-6-2-4-8-19(17)29-21/h1-10H,11-15H2/b10-9+. The minimum absolute atomic E-state index is 0.0592. The van der Waals surface area contributed by atoms with Crippen LogP contribution in [0.1, 0.15) is 10.0 Å². The fourth-order valence-electron chi connectivity index (χ4n) is 3.51. The zero-order chi connectivity index (χ0) is 19.6. The topological polar surface area (TPSA) is 49.3 Å².